The van der Waals surface area contributed by atoms with E-state index in [-0.39, 0.29) is 4.90 Å². The van der Waals surface area contributed by atoms with Gasteiger partial charge in [0.15, 0.2) is 0 Å². The van der Waals surface area contributed by atoms with Crippen LogP contribution in [0, 0.1) is 6.92 Å². The number of benzene rings is 3. The fourth-order valence-electron chi connectivity index (χ4n) is 2.55. The Morgan fingerprint density at radius 2 is 1.45 bits per heavy atom. The zero-order valence-corrected chi connectivity index (χ0v) is 16.9. The second-order valence-corrected chi connectivity index (χ2v) is 8.30. The second-order valence-electron chi connectivity index (χ2n) is 6.58. The lowest BCUT2D eigenvalue weighted by Gasteiger charge is -2.15. The summed E-state index contributed by atoms with van der Waals surface area (Å²) in [6.45, 7) is 3.37. The van der Waals surface area contributed by atoms with Crippen LogP contribution in [0.1, 0.15) is 12.5 Å². The first kappa shape index (κ1) is 20.6. The minimum atomic E-state index is -3.79. The van der Waals surface area contributed by atoms with E-state index in [2.05, 4.69) is 10.0 Å². The molecule has 1 amide bonds. The number of para-hydroxylation sites is 1. The molecule has 3 rings (SSSR count). The largest absolute Gasteiger partial charge is 0.457 e. The van der Waals surface area contributed by atoms with Gasteiger partial charge in [0.2, 0.25) is 15.9 Å². The van der Waals surface area contributed by atoms with Gasteiger partial charge in [-0.05, 0) is 62.4 Å². The summed E-state index contributed by atoms with van der Waals surface area (Å²) in [5, 5.41) is 2.69. The van der Waals surface area contributed by atoms with E-state index in [1.54, 1.807) is 36.4 Å². The van der Waals surface area contributed by atoms with Crippen LogP contribution in [0.2, 0.25) is 0 Å². The van der Waals surface area contributed by atoms with Crippen molar-refractivity contribution in [2.24, 2.45) is 0 Å². The highest BCUT2D eigenvalue weighted by atomic mass is 32.2. The summed E-state index contributed by atoms with van der Waals surface area (Å²) in [6.07, 6.45) is 0. The van der Waals surface area contributed by atoms with Gasteiger partial charge in [0.25, 0.3) is 0 Å². The molecule has 0 bridgehead atoms. The lowest BCUT2D eigenvalue weighted by atomic mass is 10.2. The van der Waals surface area contributed by atoms with Crippen molar-refractivity contribution in [2.75, 3.05) is 5.32 Å². The van der Waals surface area contributed by atoms with Crippen molar-refractivity contribution >= 4 is 21.6 Å². The Hall–Kier alpha value is -3.16. The van der Waals surface area contributed by atoms with Gasteiger partial charge in [-0.25, -0.2) is 8.42 Å². The van der Waals surface area contributed by atoms with Crippen LogP contribution in [0.5, 0.6) is 11.5 Å². The molecule has 0 aliphatic carbocycles. The van der Waals surface area contributed by atoms with Crippen molar-refractivity contribution in [3.05, 3.63) is 84.4 Å². The Morgan fingerprint density at radius 1 is 0.862 bits per heavy atom. The van der Waals surface area contributed by atoms with Gasteiger partial charge < -0.3 is 10.1 Å². The van der Waals surface area contributed by atoms with Crippen molar-refractivity contribution in [2.45, 2.75) is 24.8 Å². The Balaban J connectivity index is 1.59. The Labute approximate surface area is 170 Å². The number of nitrogens with one attached hydrogen (secondary N) is 2. The van der Waals surface area contributed by atoms with Crippen molar-refractivity contribution in [1.29, 1.82) is 0 Å². The number of hydrogen-bond acceptors (Lipinski definition) is 4. The van der Waals surface area contributed by atoms with Crippen LogP contribution in [-0.4, -0.2) is 20.4 Å². The predicted octanol–water partition coefficient (Wildman–Crippen LogP) is 4.09. The summed E-state index contributed by atoms with van der Waals surface area (Å²) >= 11 is 0. The minimum Gasteiger partial charge on any atom is -0.457 e. The summed E-state index contributed by atoms with van der Waals surface area (Å²) in [5.74, 6) is 0.878. The van der Waals surface area contributed by atoms with E-state index in [0.717, 1.165) is 5.56 Å². The fraction of sp³-hybridized carbons (Fsp3) is 0.136. The summed E-state index contributed by atoms with van der Waals surface area (Å²) in [4.78, 5) is 12.5. The normalized spacial score (nSPS) is 12.2. The average molecular weight is 410 g/mol. The standard InChI is InChI=1S/C22H22N2O4S/c1-16-8-14-21(15-9-16)29(26,27)24-17(2)22(25)23-18-10-12-20(13-11-18)28-19-6-4-3-5-7-19/h3-15,17,24H,1-2H3,(H,23,25)/t17-/m0/s1. The van der Waals surface area contributed by atoms with Gasteiger partial charge in [0.05, 0.1) is 10.9 Å². The van der Waals surface area contributed by atoms with Crippen LogP contribution in [0.3, 0.4) is 0 Å². The Kier molecular flexibility index (Phi) is 6.31. The van der Waals surface area contributed by atoms with Gasteiger partial charge in [0.1, 0.15) is 11.5 Å². The van der Waals surface area contributed by atoms with Crippen molar-refractivity contribution in [1.82, 2.24) is 4.72 Å². The molecule has 0 spiro atoms. The van der Waals surface area contributed by atoms with Crippen LogP contribution < -0.4 is 14.8 Å². The molecule has 0 unspecified atom stereocenters. The number of rotatable bonds is 7. The molecule has 0 fully saturated rings. The quantitative estimate of drug-likeness (QED) is 0.614. The molecular formula is C22H22N2O4S. The molecule has 3 aromatic carbocycles. The fourth-order valence-corrected chi connectivity index (χ4v) is 3.76. The third-order valence-corrected chi connectivity index (χ3v) is 5.71. The molecule has 2 N–H and O–H groups in total. The Morgan fingerprint density at radius 3 is 2.07 bits per heavy atom. The third kappa shape index (κ3) is 5.66. The monoisotopic (exact) mass is 410 g/mol. The van der Waals surface area contributed by atoms with Gasteiger partial charge in [-0.2, -0.15) is 4.72 Å². The minimum absolute atomic E-state index is 0.116. The molecule has 0 aliphatic heterocycles. The van der Waals surface area contributed by atoms with Gasteiger partial charge in [-0.15, -0.1) is 0 Å². The molecule has 29 heavy (non-hydrogen) atoms. The number of hydrogen-bond donors (Lipinski definition) is 2. The van der Waals surface area contributed by atoms with Crippen LogP contribution in [0.4, 0.5) is 5.69 Å². The zero-order chi connectivity index (χ0) is 20.9. The first-order valence-electron chi connectivity index (χ1n) is 9.06. The molecule has 6 nitrogen and oxygen atoms in total. The smallest absolute Gasteiger partial charge is 0.242 e. The van der Waals surface area contributed by atoms with Crippen molar-refractivity contribution in [3.63, 3.8) is 0 Å². The highest BCUT2D eigenvalue weighted by Gasteiger charge is 2.22. The van der Waals surface area contributed by atoms with Crippen molar-refractivity contribution < 1.29 is 17.9 Å². The van der Waals surface area contributed by atoms with Crippen molar-refractivity contribution in [3.8, 4) is 11.5 Å². The Bertz CT molecular complexity index is 1060. The second kappa shape index (κ2) is 8.89. The van der Waals surface area contributed by atoms with E-state index in [9.17, 15) is 13.2 Å². The van der Waals surface area contributed by atoms with Gasteiger partial charge >= 0.3 is 0 Å². The maximum Gasteiger partial charge on any atom is 0.242 e. The van der Waals surface area contributed by atoms with E-state index in [0.29, 0.717) is 17.2 Å². The number of amides is 1. The van der Waals surface area contributed by atoms with Crippen LogP contribution in [-0.2, 0) is 14.8 Å². The van der Waals surface area contributed by atoms with Crippen LogP contribution >= 0.6 is 0 Å². The van der Waals surface area contributed by atoms with Gasteiger partial charge in [-0.1, -0.05) is 35.9 Å². The zero-order valence-electron chi connectivity index (χ0n) is 16.1. The molecule has 3 aromatic rings. The molecule has 1 atom stereocenters. The number of carbonyl (C=O) groups excluding carboxylic acids is 1. The molecule has 0 aromatic heterocycles. The number of anilines is 1. The average Bonchev–Trinajstić information content (AvgIpc) is 2.70. The predicted molar refractivity (Wildman–Crippen MR) is 113 cm³/mol. The number of sulfonamides is 1. The lowest BCUT2D eigenvalue weighted by Crippen LogP contribution is -2.41. The molecule has 0 saturated heterocycles. The third-order valence-electron chi connectivity index (χ3n) is 4.16. The molecule has 150 valence electrons. The lowest BCUT2D eigenvalue weighted by molar-refractivity contribution is -0.117. The molecule has 0 aliphatic rings. The van der Waals surface area contributed by atoms with Gasteiger partial charge in [-0.3, -0.25) is 4.79 Å². The van der Waals surface area contributed by atoms with E-state index in [4.69, 9.17) is 4.74 Å². The summed E-state index contributed by atoms with van der Waals surface area (Å²) < 4.78 is 32.9. The molecule has 7 heteroatoms. The summed E-state index contributed by atoms with van der Waals surface area (Å²) in [5.41, 5.74) is 1.49. The SMILES string of the molecule is Cc1ccc(S(=O)(=O)N[C@@H](C)C(=O)Nc2ccc(Oc3ccccc3)cc2)cc1. The summed E-state index contributed by atoms with van der Waals surface area (Å²) in [7, 11) is -3.79. The van der Waals surface area contributed by atoms with E-state index < -0.39 is 22.0 Å². The van der Waals surface area contributed by atoms with E-state index in [1.165, 1.54) is 19.1 Å². The number of aryl methyl sites for hydroxylation is 1. The number of ether oxygens (including phenoxy) is 1. The van der Waals surface area contributed by atoms with E-state index >= 15 is 0 Å². The van der Waals surface area contributed by atoms with Crippen LogP contribution in [0.15, 0.2) is 83.8 Å². The van der Waals surface area contributed by atoms with Gasteiger partial charge in [0, 0.05) is 5.69 Å². The summed E-state index contributed by atoms with van der Waals surface area (Å²) in [6, 6.07) is 21.7. The van der Waals surface area contributed by atoms with Crippen LogP contribution in [0.25, 0.3) is 0 Å². The maximum atomic E-state index is 12.4. The molecular weight excluding hydrogens is 388 g/mol. The maximum absolute atomic E-state index is 12.4. The molecule has 0 radical (unpaired) electrons. The first-order chi connectivity index (χ1) is 13.8. The first-order valence-corrected chi connectivity index (χ1v) is 10.5. The molecule has 0 saturated carbocycles. The topological polar surface area (TPSA) is 84.5 Å². The van der Waals surface area contributed by atoms with E-state index in [1.807, 2.05) is 37.3 Å². The number of carbonyl (C=O) groups is 1. The highest BCUT2D eigenvalue weighted by Crippen LogP contribution is 2.22. The molecule has 0 heterocycles. The highest BCUT2D eigenvalue weighted by molar-refractivity contribution is 7.89.